The number of hydrogen-bond donors (Lipinski definition) is 2. The molecule has 0 aliphatic rings. The smallest absolute Gasteiger partial charge is 0.378 e. The first kappa shape index (κ1) is 6.05. The van der Waals surface area contributed by atoms with Crippen molar-refractivity contribution in [3.8, 4) is 0 Å². The van der Waals surface area contributed by atoms with E-state index in [1.165, 1.54) is 0 Å². The molecule has 0 aliphatic heterocycles. The third kappa shape index (κ3) is 2.30. The molecule has 1 amide bonds. The lowest BCUT2D eigenvalue weighted by Crippen LogP contribution is -2.07. The molecule has 0 radical (unpaired) electrons. The number of nitrogens with one attached hydrogen (secondary N) is 1. The zero-order valence-corrected chi connectivity index (χ0v) is 4.89. The Labute approximate surface area is 43.3 Å². The molecule has 0 aliphatic carbocycles. The molecule has 0 saturated heterocycles. The summed E-state index contributed by atoms with van der Waals surface area (Å²) in [6.45, 7) is 0. The second kappa shape index (κ2) is 3.25. The first-order chi connectivity index (χ1) is 2.81. The predicted molar refractivity (Wildman–Crippen MR) is 28.3 cm³/mol. The maximum atomic E-state index is 9.75. The summed E-state index contributed by atoms with van der Waals surface area (Å²) in [5, 5.41) is 2.09. The third-order valence-electron chi connectivity index (χ3n) is 0.201. The molecular formula is CH4NO2PS. The Balaban J connectivity index is 2.99. The van der Waals surface area contributed by atoms with E-state index in [9.17, 15) is 4.79 Å². The van der Waals surface area contributed by atoms with E-state index in [1.54, 1.807) is 0 Å². The van der Waals surface area contributed by atoms with Crippen molar-refractivity contribution >= 4 is 28.4 Å². The van der Waals surface area contributed by atoms with Crippen LogP contribution >= 0.6 is 22.3 Å². The van der Waals surface area contributed by atoms with Crippen molar-refractivity contribution < 1.29 is 8.98 Å². The van der Waals surface area contributed by atoms with Gasteiger partial charge in [-0.25, -0.2) is 4.79 Å². The number of rotatable bonds is 0. The van der Waals surface area contributed by atoms with Gasteiger partial charge in [0.15, 0.2) is 0 Å². The summed E-state index contributed by atoms with van der Waals surface area (Å²) in [6.07, 6.45) is -0.580. The fourth-order valence-corrected chi connectivity index (χ4v) is 0.237. The topological polar surface area (TPSA) is 38.3 Å². The molecular weight excluding hydrogens is 121 g/mol. The summed E-state index contributed by atoms with van der Waals surface area (Å²) in [5.74, 6) is 0. The van der Waals surface area contributed by atoms with Crippen molar-refractivity contribution in [3.05, 3.63) is 0 Å². The van der Waals surface area contributed by atoms with Gasteiger partial charge in [0.1, 0.15) is 0 Å². The molecule has 0 bridgehead atoms. The molecule has 1 unspecified atom stereocenters. The van der Waals surface area contributed by atoms with E-state index in [-0.39, 0.29) is 0 Å². The third-order valence-corrected chi connectivity index (χ3v) is 0.602. The first-order valence-electron chi connectivity index (χ1n) is 1.13. The van der Waals surface area contributed by atoms with E-state index < -0.39 is 6.09 Å². The molecule has 0 heterocycles. The van der Waals surface area contributed by atoms with Gasteiger partial charge in [0, 0.05) is 12.9 Å². The van der Waals surface area contributed by atoms with Crippen LogP contribution in [0.4, 0.5) is 4.79 Å². The highest BCUT2D eigenvalue weighted by Crippen LogP contribution is 1.80. The summed E-state index contributed by atoms with van der Waals surface area (Å²) in [5.41, 5.74) is 0. The van der Waals surface area contributed by atoms with Crippen LogP contribution in [0, 0.1) is 0 Å². The Hall–Kier alpha value is 0.0500. The highest BCUT2D eigenvalue weighted by Gasteiger charge is 1.86. The van der Waals surface area contributed by atoms with Crippen LogP contribution in [0.1, 0.15) is 0 Å². The van der Waals surface area contributed by atoms with Crippen LogP contribution in [0.2, 0.25) is 0 Å². The molecule has 0 aromatic heterocycles. The number of carbonyl (C=O) groups is 1. The average Bonchev–Trinajstić information content (AvgIpc) is 1.65. The number of hydrogen-bond acceptors (Lipinski definition) is 3. The lowest BCUT2D eigenvalue weighted by atomic mass is 11.3. The van der Waals surface area contributed by atoms with E-state index in [2.05, 4.69) is 22.2 Å². The highest BCUT2D eigenvalue weighted by atomic mass is 32.1. The Kier molecular flexibility index (Phi) is 3.28. The second-order valence-corrected chi connectivity index (χ2v) is 0.994. The molecule has 0 saturated carbocycles. The molecule has 0 rings (SSSR count). The largest absolute Gasteiger partial charge is 0.421 e. The summed E-state index contributed by atoms with van der Waals surface area (Å²) in [6, 6.07) is 0. The van der Waals surface area contributed by atoms with Crippen LogP contribution in [0.3, 0.4) is 0 Å². The lowest BCUT2D eigenvalue weighted by molar-refractivity contribution is 0.216. The number of amides is 1. The fraction of sp³-hybridized carbons (Fsp3) is 0. The Morgan fingerprint density at radius 2 is 2.50 bits per heavy atom. The van der Waals surface area contributed by atoms with Gasteiger partial charge in [0.05, 0.1) is 0 Å². The minimum atomic E-state index is -0.580. The Morgan fingerprint density at radius 1 is 2.00 bits per heavy atom. The van der Waals surface area contributed by atoms with Crippen molar-refractivity contribution in [2.75, 3.05) is 0 Å². The number of carbonyl (C=O) groups excluding carboxylic acids is 1. The second-order valence-electron chi connectivity index (χ2n) is 0.523. The van der Waals surface area contributed by atoms with Crippen LogP contribution < -0.4 is 5.09 Å². The molecule has 0 spiro atoms. The normalized spacial score (nSPS) is 7.00. The maximum Gasteiger partial charge on any atom is 0.421 e. The SMILES string of the molecule is O=C(NP)OS. The van der Waals surface area contributed by atoms with Gasteiger partial charge < -0.3 is 9.27 Å². The molecule has 0 aromatic carbocycles. The maximum absolute atomic E-state index is 9.75. The Bertz CT molecular complexity index is 51.5. The molecule has 3 nitrogen and oxygen atoms in total. The van der Waals surface area contributed by atoms with Gasteiger partial charge >= 0.3 is 6.09 Å². The summed E-state index contributed by atoms with van der Waals surface area (Å²) >= 11 is 3.17. The molecule has 1 N–H and O–H groups in total. The molecule has 5 heteroatoms. The molecule has 36 valence electrons. The van der Waals surface area contributed by atoms with Crippen molar-refractivity contribution in [2.24, 2.45) is 0 Å². The molecule has 1 atom stereocenters. The highest BCUT2D eigenvalue weighted by molar-refractivity contribution is 7.75. The molecule has 6 heavy (non-hydrogen) atoms. The molecule has 0 aromatic rings. The van der Waals surface area contributed by atoms with E-state index >= 15 is 0 Å². The van der Waals surface area contributed by atoms with Crippen molar-refractivity contribution in [2.45, 2.75) is 0 Å². The van der Waals surface area contributed by atoms with Gasteiger partial charge in [0.25, 0.3) is 0 Å². The number of thiol groups is 1. The quantitative estimate of drug-likeness (QED) is 0.278. The van der Waals surface area contributed by atoms with Crippen LogP contribution in [0.15, 0.2) is 0 Å². The molecule has 0 fully saturated rings. The summed E-state index contributed by atoms with van der Waals surface area (Å²) in [7, 11) is 1.97. The van der Waals surface area contributed by atoms with Crippen molar-refractivity contribution in [3.63, 3.8) is 0 Å². The summed E-state index contributed by atoms with van der Waals surface area (Å²) in [4.78, 5) is 9.75. The van der Waals surface area contributed by atoms with Crippen molar-refractivity contribution in [1.29, 1.82) is 0 Å². The predicted octanol–water partition coefficient (Wildman–Crippen LogP) is 0.347. The minimum absolute atomic E-state index is 0.580. The minimum Gasteiger partial charge on any atom is -0.378 e. The van der Waals surface area contributed by atoms with Crippen LogP contribution in [0.5, 0.6) is 0 Å². The van der Waals surface area contributed by atoms with Gasteiger partial charge in [-0.2, -0.15) is 0 Å². The van der Waals surface area contributed by atoms with Gasteiger partial charge in [0.2, 0.25) is 0 Å². The zero-order chi connectivity index (χ0) is 4.99. The lowest BCUT2D eigenvalue weighted by Gasteiger charge is -1.88. The van der Waals surface area contributed by atoms with Gasteiger partial charge in [-0.1, -0.05) is 0 Å². The van der Waals surface area contributed by atoms with Gasteiger partial charge in [-0.15, -0.1) is 0 Å². The van der Waals surface area contributed by atoms with Gasteiger partial charge in [-0.05, 0) is 9.39 Å². The standard InChI is InChI=1S/CH4NO2PS/c3-1(2-5)4-6/h6H,5H2,(H,2,3). The first-order valence-corrected chi connectivity index (χ1v) is 2.07. The fourth-order valence-electron chi connectivity index (χ4n) is 0.0264. The van der Waals surface area contributed by atoms with E-state index in [4.69, 9.17) is 0 Å². The van der Waals surface area contributed by atoms with Crippen molar-refractivity contribution in [1.82, 2.24) is 5.09 Å². The van der Waals surface area contributed by atoms with Gasteiger partial charge in [-0.3, -0.25) is 0 Å². The average molecular weight is 125 g/mol. The monoisotopic (exact) mass is 125 g/mol. The van der Waals surface area contributed by atoms with Crippen LogP contribution in [-0.2, 0) is 4.18 Å². The van der Waals surface area contributed by atoms with E-state index in [0.29, 0.717) is 0 Å². The van der Waals surface area contributed by atoms with E-state index in [0.717, 1.165) is 0 Å². The van der Waals surface area contributed by atoms with Crippen LogP contribution in [-0.4, -0.2) is 6.09 Å². The Morgan fingerprint density at radius 3 is 2.50 bits per heavy atom. The van der Waals surface area contributed by atoms with Crippen LogP contribution in [0.25, 0.3) is 0 Å². The van der Waals surface area contributed by atoms with E-state index in [1.807, 2.05) is 9.39 Å². The zero-order valence-electron chi connectivity index (χ0n) is 2.84. The summed E-state index contributed by atoms with van der Waals surface area (Å²) < 4.78 is 3.82.